The van der Waals surface area contributed by atoms with Gasteiger partial charge in [0.05, 0.1) is 6.04 Å². The lowest BCUT2D eigenvalue weighted by Gasteiger charge is -2.20. The number of primary amides is 1. The van der Waals surface area contributed by atoms with Gasteiger partial charge in [-0.25, -0.2) is 0 Å². The number of hydrogen-bond donors (Lipinski definition) is 4. The summed E-state index contributed by atoms with van der Waals surface area (Å²) in [5, 5.41) is 2.58. The van der Waals surface area contributed by atoms with Crippen molar-refractivity contribution in [2.24, 2.45) is 23.1 Å². The van der Waals surface area contributed by atoms with Crippen molar-refractivity contribution in [2.45, 2.75) is 45.2 Å². The van der Waals surface area contributed by atoms with Crippen LogP contribution >= 0.6 is 0 Å². The molecule has 100 valence electrons. The average molecular weight is 244 g/mol. The first-order valence-corrected chi connectivity index (χ1v) is 5.95. The number of hydrogen-bond acceptors (Lipinski definition) is 4. The molecule has 0 rings (SSSR count). The van der Waals surface area contributed by atoms with Crippen molar-refractivity contribution in [1.82, 2.24) is 5.32 Å². The summed E-state index contributed by atoms with van der Waals surface area (Å²) in [5.74, 6) is -0.851. The predicted octanol–water partition coefficient (Wildman–Crippen LogP) is -0.931. The topological polar surface area (TPSA) is 124 Å². The van der Waals surface area contributed by atoms with E-state index in [1.54, 1.807) is 0 Å². The highest BCUT2D eigenvalue weighted by atomic mass is 16.2. The van der Waals surface area contributed by atoms with Crippen LogP contribution in [0, 0.1) is 5.92 Å². The van der Waals surface area contributed by atoms with Crippen molar-refractivity contribution in [3.63, 3.8) is 0 Å². The highest BCUT2D eigenvalue weighted by molar-refractivity contribution is 5.88. The summed E-state index contributed by atoms with van der Waals surface area (Å²) in [5.41, 5.74) is 16.3. The summed E-state index contributed by atoms with van der Waals surface area (Å²) >= 11 is 0. The Labute approximate surface area is 102 Å². The molecule has 0 heterocycles. The van der Waals surface area contributed by atoms with Crippen LogP contribution in [0.4, 0.5) is 0 Å². The molecule has 6 nitrogen and oxygen atoms in total. The molecule has 0 spiro atoms. The van der Waals surface area contributed by atoms with Gasteiger partial charge in [-0.05, 0) is 31.7 Å². The number of rotatable bonds is 8. The van der Waals surface area contributed by atoms with Gasteiger partial charge in [0.25, 0.3) is 0 Å². The molecule has 6 heteroatoms. The van der Waals surface area contributed by atoms with Gasteiger partial charge in [0.2, 0.25) is 11.8 Å². The largest absolute Gasteiger partial charge is 0.368 e. The first kappa shape index (κ1) is 15.9. The van der Waals surface area contributed by atoms with Gasteiger partial charge >= 0.3 is 0 Å². The average Bonchev–Trinajstić information content (AvgIpc) is 2.26. The molecule has 0 aliphatic heterocycles. The summed E-state index contributed by atoms with van der Waals surface area (Å²) in [7, 11) is 0. The third-order valence-electron chi connectivity index (χ3n) is 2.63. The van der Waals surface area contributed by atoms with E-state index in [2.05, 4.69) is 5.32 Å². The molecular weight excluding hydrogens is 220 g/mol. The number of carbonyl (C=O) groups is 2. The van der Waals surface area contributed by atoms with Crippen molar-refractivity contribution in [3.05, 3.63) is 0 Å². The van der Waals surface area contributed by atoms with E-state index in [1.807, 2.05) is 13.8 Å². The third kappa shape index (κ3) is 6.23. The van der Waals surface area contributed by atoms with Crippen molar-refractivity contribution < 1.29 is 9.59 Å². The summed E-state index contributed by atoms with van der Waals surface area (Å²) in [6.45, 7) is 4.25. The van der Waals surface area contributed by atoms with Gasteiger partial charge in [-0.1, -0.05) is 13.8 Å². The van der Waals surface area contributed by atoms with E-state index in [-0.39, 0.29) is 11.8 Å². The second-order valence-corrected chi connectivity index (χ2v) is 4.52. The summed E-state index contributed by atoms with van der Waals surface area (Å²) in [6.07, 6.45) is 2.06. The second kappa shape index (κ2) is 8.03. The molecule has 0 radical (unpaired) electrons. The Bertz CT molecular complexity index is 256. The minimum Gasteiger partial charge on any atom is -0.368 e. The van der Waals surface area contributed by atoms with Crippen LogP contribution in [0.5, 0.6) is 0 Å². The zero-order valence-electron chi connectivity index (χ0n) is 10.6. The molecule has 0 fully saturated rings. The van der Waals surface area contributed by atoms with E-state index in [4.69, 9.17) is 17.2 Å². The molecule has 0 saturated heterocycles. The first-order chi connectivity index (χ1) is 7.90. The molecule has 0 unspecified atom stereocenters. The van der Waals surface area contributed by atoms with Gasteiger partial charge in [-0.15, -0.1) is 0 Å². The minimum absolute atomic E-state index is 0.0209. The summed E-state index contributed by atoms with van der Waals surface area (Å²) < 4.78 is 0. The lowest BCUT2D eigenvalue weighted by Crippen LogP contribution is -2.51. The minimum atomic E-state index is -0.654. The SMILES string of the molecule is CC(C)[C@H](N)C(=O)N[C@@H](CCCCN)C(N)=O. The number of nitrogens with one attached hydrogen (secondary N) is 1. The Morgan fingerprint density at radius 1 is 1.24 bits per heavy atom. The van der Waals surface area contributed by atoms with Crippen molar-refractivity contribution >= 4 is 11.8 Å². The van der Waals surface area contributed by atoms with Crippen LogP contribution in [-0.4, -0.2) is 30.4 Å². The molecule has 17 heavy (non-hydrogen) atoms. The fourth-order valence-corrected chi connectivity index (χ4v) is 1.35. The van der Waals surface area contributed by atoms with Gasteiger partial charge in [0.1, 0.15) is 6.04 Å². The second-order valence-electron chi connectivity index (χ2n) is 4.52. The fraction of sp³-hybridized carbons (Fsp3) is 0.818. The van der Waals surface area contributed by atoms with Crippen LogP contribution in [0.1, 0.15) is 33.1 Å². The maximum Gasteiger partial charge on any atom is 0.240 e. The van der Waals surface area contributed by atoms with Crippen LogP contribution in [0.25, 0.3) is 0 Å². The van der Waals surface area contributed by atoms with Crippen LogP contribution in [0.15, 0.2) is 0 Å². The Morgan fingerprint density at radius 2 is 1.82 bits per heavy atom. The van der Waals surface area contributed by atoms with E-state index in [0.717, 1.165) is 12.8 Å². The maximum atomic E-state index is 11.7. The molecule has 0 aliphatic carbocycles. The van der Waals surface area contributed by atoms with Crippen molar-refractivity contribution in [2.75, 3.05) is 6.54 Å². The zero-order valence-corrected chi connectivity index (χ0v) is 10.6. The predicted molar refractivity (Wildman–Crippen MR) is 66.8 cm³/mol. The van der Waals surface area contributed by atoms with Crippen LogP contribution in [0.3, 0.4) is 0 Å². The molecule has 2 atom stereocenters. The monoisotopic (exact) mass is 244 g/mol. The number of nitrogens with two attached hydrogens (primary N) is 3. The smallest absolute Gasteiger partial charge is 0.240 e. The third-order valence-corrected chi connectivity index (χ3v) is 2.63. The Kier molecular flexibility index (Phi) is 7.49. The normalized spacial score (nSPS) is 14.4. The molecule has 0 bridgehead atoms. The number of carbonyl (C=O) groups excluding carboxylic acids is 2. The fourth-order valence-electron chi connectivity index (χ4n) is 1.35. The van der Waals surface area contributed by atoms with Gasteiger partial charge in [0, 0.05) is 0 Å². The Morgan fingerprint density at radius 3 is 2.24 bits per heavy atom. The van der Waals surface area contributed by atoms with E-state index < -0.39 is 18.0 Å². The van der Waals surface area contributed by atoms with Crippen LogP contribution < -0.4 is 22.5 Å². The molecule has 0 aliphatic rings. The summed E-state index contributed by atoms with van der Waals surface area (Å²) in [4.78, 5) is 22.8. The van der Waals surface area contributed by atoms with Crippen LogP contribution in [0.2, 0.25) is 0 Å². The lowest BCUT2D eigenvalue weighted by molar-refractivity contribution is -0.128. The maximum absolute atomic E-state index is 11.7. The van der Waals surface area contributed by atoms with E-state index in [1.165, 1.54) is 0 Å². The van der Waals surface area contributed by atoms with Gasteiger partial charge in [0.15, 0.2) is 0 Å². The molecule has 0 aromatic carbocycles. The molecule has 0 aromatic heterocycles. The number of unbranched alkanes of at least 4 members (excludes halogenated alkanes) is 1. The standard InChI is InChI=1S/C11H24N4O2/c1-7(2)9(13)11(17)15-8(10(14)16)5-3-4-6-12/h7-9H,3-6,12-13H2,1-2H3,(H2,14,16)(H,15,17)/t8-,9-/m0/s1. The molecule has 7 N–H and O–H groups in total. The highest BCUT2D eigenvalue weighted by Gasteiger charge is 2.23. The van der Waals surface area contributed by atoms with E-state index >= 15 is 0 Å². The van der Waals surface area contributed by atoms with Gasteiger partial charge in [-0.3, -0.25) is 9.59 Å². The Hall–Kier alpha value is -1.14. The Balaban J connectivity index is 4.25. The molecule has 2 amide bonds. The number of amides is 2. The first-order valence-electron chi connectivity index (χ1n) is 5.95. The van der Waals surface area contributed by atoms with E-state index in [9.17, 15) is 9.59 Å². The molecule has 0 saturated carbocycles. The van der Waals surface area contributed by atoms with E-state index in [0.29, 0.717) is 13.0 Å². The summed E-state index contributed by atoms with van der Waals surface area (Å²) in [6, 6.07) is -1.27. The molecular formula is C11H24N4O2. The van der Waals surface area contributed by atoms with Gasteiger partial charge < -0.3 is 22.5 Å². The quantitative estimate of drug-likeness (QED) is 0.412. The van der Waals surface area contributed by atoms with Crippen LogP contribution in [-0.2, 0) is 9.59 Å². The molecule has 0 aromatic rings. The van der Waals surface area contributed by atoms with Crippen molar-refractivity contribution in [1.29, 1.82) is 0 Å². The lowest BCUT2D eigenvalue weighted by atomic mass is 10.0. The highest BCUT2D eigenvalue weighted by Crippen LogP contribution is 2.03. The van der Waals surface area contributed by atoms with Gasteiger partial charge in [-0.2, -0.15) is 0 Å². The zero-order chi connectivity index (χ0) is 13.4. The van der Waals surface area contributed by atoms with Crippen molar-refractivity contribution in [3.8, 4) is 0 Å².